The van der Waals surface area contributed by atoms with Crippen LogP contribution in [0.25, 0.3) is 10.9 Å². The lowest BCUT2D eigenvalue weighted by Crippen LogP contribution is -2.09. The number of carbonyl (C=O) groups is 1. The number of nitrogens with one attached hydrogen (secondary N) is 1. The van der Waals surface area contributed by atoms with Gasteiger partial charge in [-0.05, 0) is 43.7 Å². The van der Waals surface area contributed by atoms with Crippen molar-refractivity contribution in [1.29, 1.82) is 0 Å². The summed E-state index contributed by atoms with van der Waals surface area (Å²) in [5.74, 6) is -0.340. The maximum Gasteiger partial charge on any atom is 0.341 e. The standard InChI is InChI=1S/C19H17ClN2O3/c1-3-25-19(24)15-10-21-17-11(2)16(20)8-7-14(17)18(15)22-12-5-4-6-13(23)9-12/h4-10,23H,3H2,1-2H3,(H,21,22). The number of pyridine rings is 1. The summed E-state index contributed by atoms with van der Waals surface area (Å²) in [6, 6.07) is 10.2. The van der Waals surface area contributed by atoms with E-state index in [9.17, 15) is 9.90 Å². The van der Waals surface area contributed by atoms with Crippen LogP contribution in [-0.2, 0) is 4.74 Å². The quantitative estimate of drug-likeness (QED) is 0.655. The Balaban J connectivity index is 2.21. The Morgan fingerprint density at radius 2 is 2.12 bits per heavy atom. The van der Waals surface area contributed by atoms with Crippen molar-refractivity contribution >= 4 is 39.8 Å². The van der Waals surface area contributed by atoms with Gasteiger partial charge < -0.3 is 15.2 Å². The molecule has 0 aliphatic carbocycles. The molecule has 0 radical (unpaired) electrons. The average molecular weight is 357 g/mol. The van der Waals surface area contributed by atoms with Gasteiger partial charge in [0, 0.05) is 28.4 Å². The Morgan fingerprint density at radius 3 is 2.84 bits per heavy atom. The van der Waals surface area contributed by atoms with E-state index in [1.165, 1.54) is 6.20 Å². The van der Waals surface area contributed by atoms with Gasteiger partial charge in [0.25, 0.3) is 0 Å². The summed E-state index contributed by atoms with van der Waals surface area (Å²) < 4.78 is 5.14. The fraction of sp³-hybridized carbons (Fsp3) is 0.158. The van der Waals surface area contributed by atoms with Gasteiger partial charge in [0.05, 0.1) is 17.8 Å². The van der Waals surface area contributed by atoms with Gasteiger partial charge in [-0.15, -0.1) is 0 Å². The smallest absolute Gasteiger partial charge is 0.341 e. The van der Waals surface area contributed by atoms with Crippen LogP contribution in [-0.4, -0.2) is 22.7 Å². The van der Waals surface area contributed by atoms with Crippen molar-refractivity contribution in [3.05, 3.63) is 58.7 Å². The van der Waals surface area contributed by atoms with Gasteiger partial charge in [-0.3, -0.25) is 4.98 Å². The van der Waals surface area contributed by atoms with E-state index in [0.29, 0.717) is 27.5 Å². The summed E-state index contributed by atoms with van der Waals surface area (Å²) in [7, 11) is 0. The number of hydrogen-bond donors (Lipinski definition) is 2. The molecule has 0 bridgehead atoms. The molecule has 0 atom stereocenters. The maximum atomic E-state index is 12.3. The number of hydrogen-bond acceptors (Lipinski definition) is 5. The number of carbonyl (C=O) groups excluding carboxylic acids is 1. The number of benzene rings is 2. The van der Waals surface area contributed by atoms with Gasteiger partial charge in [-0.25, -0.2) is 4.79 Å². The summed E-state index contributed by atoms with van der Waals surface area (Å²) in [6.45, 7) is 3.89. The summed E-state index contributed by atoms with van der Waals surface area (Å²) in [6.07, 6.45) is 1.48. The Labute approximate surface area is 150 Å². The third-order valence-corrected chi connectivity index (χ3v) is 4.25. The molecule has 0 aliphatic heterocycles. The fourth-order valence-electron chi connectivity index (χ4n) is 2.61. The largest absolute Gasteiger partial charge is 0.508 e. The Kier molecular flexibility index (Phi) is 4.76. The fourth-order valence-corrected chi connectivity index (χ4v) is 2.76. The second-order valence-corrected chi connectivity index (χ2v) is 5.92. The van der Waals surface area contributed by atoms with E-state index < -0.39 is 5.97 Å². The van der Waals surface area contributed by atoms with Crippen molar-refractivity contribution in [3.63, 3.8) is 0 Å². The molecule has 2 aromatic carbocycles. The number of rotatable bonds is 4. The lowest BCUT2D eigenvalue weighted by atomic mass is 10.1. The molecule has 5 nitrogen and oxygen atoms in total. The van der Waals surface area contributed by atoms with Crippen LogP contribution in [0.4, 0.5) is 11.4 Å². The molecule has 3 rings (SSSR count). The van der Waals surface area contributed by atoms with Crippen LogP contribution in [0.15, 0.2) is 42.6 Å². The third kappa shape index (κ3) is 3.37. The summed E-state index contributed by atoms with van der Waals surface area (Å²) in [4.78, 5) is 16.7. The minimum absolute atomic E-state index is 0.125. The van der Waals surface area contributed by atoms with Crippen molar-refractivity contribution in [2.75, 3.05) is 11.9 Å². The molecule has 0 saturated heterocycles. The highest BCUT2D eigenvalue weighted by atomic mass is 35.5. The predicted octanol–water partition coefficient (Wildman–Crippen LogP) is 4.82. The number of phenolic OH excluding ortho intramolecular Hbond substituents is 1. The number of anilines is 2. The highest BCUT2D eigenvalue weighted by Gasteiger charge is 2.18. The summed E-state index contributed by atoms with van der Waals surface area (Å²) in [5, 5.41) is 14.2. The number of aromatic hydroxyl groups is 1. The van der Waals surface area contributed by atoms with Gasteiger partial charge in [0.15, 0.2) is 0 Å². The number of aromatic nitrogens is 1. The van der Waals surface area contributed by atoms with Crippen molar-refractivity contribution in [2.24, 2.45) is 0 Å². The zero-order valence-electron chi connectivity index (χ0n) is 13.8. The molecule has 0 fully saturated rings. The zero-order chi connectivity index (χ0) is 18.0. The van der Waals surface area contributed by atoms with E-state index in [2.05, 4.69) is 10.3 Å². The number of aryl methyl sites for hydroxylation is 1. The lowest BCUT2D eigenvalue weighted by molar-refractivity contribution is 0.0527. The molecular weight excluding hydrogens is 340 g/mol. The SMILES string of the molecule is CCOC(=O)c1cnc2c(C)c(Cl)ccc2c1Nc1cccc(O)c1. The average Bonchev–Trinajstić information content (AvgIpc) is 2.58. The first-order valence-electron chi connectivity index (χ1n) is 7.82. The molecule has 0 amide bonds. The number of esters is 1. The molecule has 6 heteroatoms. The summed E-state index contributed by atoms with van der Waals surface area (Å²) in [5.41, 5.74) is 3.05. The molecule has 128 valence electrons. The third-order valence-electron chi connectivity index (χ3n) is 3.84. The van der Waals surface area contributed by atoms with Crippen molar-refractivity contribution in [1.82, 2.24) is 4.98 Å². The van der Waals surface area contributed by atoms with Crippen LogP contribution in [0, 0.1) is 6.92 Å². The first kappa shape index (κ1) is 17.0. The highest BCUT2D eigenvalue weighted by molar-refractivity contribution is 6.32. The van der Waals surface area contributed by atoms with Crippen LogP contribution in [0.5, 0.6) is 5.75 Å². The van der Waals surface area contributed by atoms with Crippen molar-refractivity contribution in [2.45, 2.75) is 13.8 Å². The Bertz CT molecular complexity index is 957. The van der Waals surface area contributed by atoms with E-state index in [1.54, 1.807) is 37.3 Å². The van der Waals surface area contributed by atoms with E-state index in [0.717, 1.165) is 10.9 Å². The number of halogens is 1. The van der Waals surface area contributed by atoms with Crippen LogP contribution in [0.2, 0.25) is 5.02 Å². The molecule has 1 heterocycles. The molecule has 2 N–H and O–H groups in total. The zero-order valence-corrected chi connectivity index (χ0v) is 14.6. The molecule has 1 aromatic heterocycles. The minimum atomic E-state index is -0.466. The first-order chi connectivity index (χ1) is 12.0. The number of ether oxygens (including phenoxy) is 1. The van der Waals surface area contributed by atoms with E-state index in [-0.39, 0.29) is 12.4 Å². The van der Waals surface area contributed by atoms with Crippen LogP contribution >= 0.6 is 11.6 Å². The van der Waals surface area contributed by atoms with Crippen molar-refractivity contribution < 1.29 is 14.6 Å². The molecule has 25 heavy (non-hydrogen) atoms. The Morgan fingerprint density at radius 1 is 1.32 bits per heavy atom. The monoisotopic (exact) mass is 356 g/mol. The Hall–Kier alpha value is -2.79. The number of fused-ring (bicyclic) bond motifs is 1. The molecule has 3 aromatic rings. The van der Waals surface area contributed by atoms with E-state index in [1.807, 2.05) is 13.0 Å². The van der Waals surface area contributed by atoms with Crippen LogP contribution in [0.1, 0.15) is 22.8 Å². The van der Waals surface area contributed by atoms with Gasteiger partial charge in [0.2, 0.25) is 0 Å². The summed E-state index contributed by atoms with van der Waals surface area (Å²) >= 11 is 6.19. The van der Waals surface area contributed by atoms with Gasteiger partial charge in [-0.2, -0.15) is 0 Å². The first-order valence-corrected chi connectivity index (χ1v) is 8.20. The van der Waals surface area contributed by atoms with Crippen LogP contribution in [0.3, 0.4) is 0 Å². The minimum Gasteiger partial charge on any atom is -0.508 e. The van der Waals surface area contributed by atoms with Gasteiger partial charge >= 0.3 is 5.97 Å². The normalized spacial score (nSPS) is 10.7. The molecule has 0 unspecified atom stereocenters. The number of phenols is 1. The molecule has 0 saturated carbocycles. The highest BCUT2D eigenvalue weighted by Crippen LogP contribution is 2.34. The van der Waals surface area contributed by atoms with E-state index >= 15 is 0 Å². The lowest BCUT2D eigenvalue weighted by Gasteiger charge is -2.15. The van der Waals surface area contributed by atoms with Crippen LogP contribution < -0.4 is 5.32 Å². The molecule has 0 aliphatic rings. The molecule has 0 spiro atoms. The number of nitrogens with zero attached hydrogens (tertiary/aromatic N) is 1. The second kappa shape index (κ2) is 6.99. The maximum absolute atomic E-state index is 12.3. The van der Waals surface area contributed by atoms with Crippen molar-refractivity contribution in [3.8, 4) is 5.75 Å². The predicted molar refractivity (Wildman–Crippen MR) is 98.8 cm³/mol. The molecular formula is C19H17ClN2O3. The van der Waals surface area contributed by atoms with Gasteiger partial charge in [0.1, 0.15) is 11.3 Å². The van der Waals surface area contributed by atoms with Gasteiger partial charge in [-0.1, -0.05) is 17.7 Å². The topological polar surface area (TPSA) is 71.5 Å². The van der Waals surface area contributed by atoms with E-state index in [4.69, 9.17) is 16.3 Å². The second-order valence-electron chi connectivity index (χ2n) is 5.51.